The lowest BCUT2D eigenvalue weighted by molar-refractivity contribution is -0.133. The molecule has 0 saturated carbocycles. The number of rotatable bonds is 8. The number of carbonyl (C=O) groups excluding carboxylic acids is 1. The van der Waals surface area contributed by atoms with E-state index in [4.69, 9.17) is 24.2 Å². The van der Waals surface area contributed by atoms with Crippen LogP contribution in [0.3, 0.4) is 0 Å². The van der Waals surface area contributed by atoms with Crippen LogP contribution in [0.5, 0.6) is 23.0 Å². The summed E-state index contributed by atoms with van der Waals surface area (Å²) in [5.41, 5.74) is 1.33. The average Bonchev–Trinajstić information content (AvgIpc) is 2.76. The third-order valence-electron chi connectivity index (χ3n) is 4.52. The van der Waals surface area contributed by atoms with Crippen molar-refractivity contribution >= 4 is 21.8 Å². The second-order valence-electron chi connectivity index (χ2n) is 6.47. The average molecular weight is 475 g/mol. The zero-order chi connectivity index (χ0) is 21.5. The van der Waals surface area contributed by atoms with E-state index in [9.17, 15) is 4.79 Å². The third kappa shape index (κ3) is 4.97. The first-order valence-electron chi connectivity index (χ1n) is 9.71. The van der Waals surface area contributed by atoms with Gasteiger partial charge in [0.1, 0.15) is 13.2 Å². The molecule has 0 aromatic heterocycles. The molecule has 1 aliphatic heterocycles. The Morgan fingerprint density at radius 2 is 2.03 bits per heavy atom. The van der Waals surface area contributed by atoms with E-state index in [1.165, 1.54) is 0 Å². The van der Waals surface area contributed by atoms with Gasteiger partial charge in [-0.3, -0.25) is 4.79 Å². The molecule has 8 heteroatoms. The highest BCUT2D eigenvalue weighted by Gasteiger charge is 2.21. The van der Waals surface area contributed by atoms with Crippen LogP contribution in [0, 0.1) is 11.3 Å². The van der Waals surface area contributed by atoms with Gasteiger partial charge in [0.25, 0.3) is 5.91 Å². The number of halogens is 1. The first-order valence-corrected chi connectivity index (χ1v) is 10.5. The van der Waals surface area contributed by atoms with Crippen molar-refractivity contribution in [2.24, 2.45) is 0 Å². The maximum atomic E-state index is 12.8. The number of ether oxygens (including phenoxy) is 4. The van der Waals surface area contributed by atoms with Crippen molar-refractivity contribution in [3.05, 3.63) is 45.9 Å². The predicted octanol–water partition coefficient (Wildman–Crippen LogP) is 3.92. The molecule has 0 saturated heterocycles. The molecule has 0 fully saturated rings. The summed E-state index contributed by atoms with van der Waals surface area (Å²) in [4.78, 5) is 14.5. The van der Waals surface area contributed by atoms with Crippen molar-refractivity contribution < 1.29 is 23.7 Å². The number of para-hydroxylation sites is 1. The van der Waals surface area contributed by atoms with Gasteiger partial charge in [-0.2, -0.15) is 5.26 Å². The minimum Gasteiger partial charge on any atom is -0.490 e. The second kappa shape index (κ2) is 10.2. The summed E-state index contributed by atoms with van der Waals surface area (Å²) in [6, 6.07) is 11.0. The minimum atomic E-state index is -0.175. The summed E-state index contributed by atoms with van der Waals surface area (Å²) in [5.74, 6) is 2.02. The molecule has 0 unspecified atom stereocenters. The monoisotopic (exact) mass is 474 g/mol. The van der Waals surface area contributed by atoms with E-state index in [0.29, 0.717) is 65.9 Å². The summed E-state index contributed by atoms with van der Waals surface area (Å²) in [6.45, 7) is 5.90. The Hall–Kier alpha value is -2.92. The smallest absolute Gasteiger partial charge is 0.260 e. The number of benzene rings is 2. The van der Waals surface area contributed by atoms with Crippen LogP contribution in [-0.2, 0) is 11.3 Å². The number of carbonyl (C=O) groups is 1. The van der Waals surface area contributed by atoms with Gasteiger partial charge >= 0.3 is 0 Å². The molecule has 0 radical (unpaired) electrons. The Morgan fingerprint density at radius 1 is 1.23 bits per heavy atom. The highest BCUT2D eigenvalue weighted by atomic mass is 79.9. The quantitative estimate of drug-likeness (QED) is 0.576. The Kier molecular flexibility index (Phi) is 7.41. The van der Waals surface area contributed by atoms with Crippen molar-refractivity contribution in [3.63, 3.8) is 0 Å². The lowest BCUT2D eigenvalue weighted by Gasteiger charge is -2.25. The molecule has 2 aromatic carbocycles. The summed E-state index contributed by atoms with van der Waals surface area (Å²) in [7, 11) is 0. The van der Waals surface area contributed by atoms with Crippen LogP contribution in [0.1, 0.15) is 25.0 Å². The van der Waals surface area contributed by atoms with Gasteiger partial charge in [0.15, 0.2) is 29.6 Å². The molecule has 1 heterocycles. The van der Waals surface area contributed by atoms with Gasteiger partial charge in [0.2, 0.25) is 0 Å². The SMILES string of the molecule is CCOc1cc(C#N)cc(Br)c1OCC(=O)N(CC)Cc1cccc2c1OCCO2. The molecule has 0 aliphatic carbocycles. The summed E-state index contributed by atoms with van der Waals surface area (Å²) >= 11 is 3.40. The van der Waals surface area contributed by atoms with Gasteiger partial charge in [0, 0.05) is 24.7 Å². The van der Waals surface area contributed by atoms with Gasteiger partial charge in [-0.05, 0) is 41.9 Å². The van der Waals surface area contributed by atoms with Crippen LogP contribution in [-0.4, -0.2) is 43.8 Å². The fourth-order valence-corrected chi connectivity index (χ4v) is 3.66. The molecule has 30 heavy (non-hydrogen) atoms. The zero-order valence-corrected chi connectivity index (χ0v) is 18.5. The molecule has 1 aliphatic rings. The molecular weight excluding hydrogens is 452 g/mol. The van der Waals surface area contributed by atoms with E-state index >= 15 is 0 Å². The van der Waals surface area contributed by atoms with Gasteiger partial charge in [-0.15, -0.1) is 0 Å². The van der Waals surface area contributed by atoms with Crippen molar-refractivity contribution in [2.75, 3.05) is 33.0 Å². The minimum absolute atomic E-state index is 0.162. The first kappa shape index (κ1) is 21.8. The first-order chi connectivity index (χ1) is 14.6. The number of hydrogen-bond donors (Lipinski definition) is 0. The van der Waals surface area contributed by atoms with E-state index in [1.54, 1.807) is 17.0 Å². The number of hydrogen-bond acceptors (Lipinski definition) is 6. The highest BCUT2D eigenvalue weighted by Crippen LogP contribution is 2.37. The van der Waals surface area contributed by atoms with Crippen molar-refractivity contribution in [2.45, 2.75) is 20.4 Å². The van der Waals surface area contributed by atoms with Crippen LogP contribution in [0.4, 0.5) is 0 Å². The molecule has 0 N–H and O–H groups in total. The third-order valence-corrected chi connectivity index (χ3v) is 5.11. The van der Waals surface area contributed by atoms with Crippen molar-refractivity contribution in [3.8, 4) is 29.1 Å². The number of likely N-dealkylation sites (N-methyl/N-ethyl adjacent to an activating group) is 1. The maximum Gasteiger partial charge on any atom is 0.260 e. The maximum absolute atomic E-state index is 12.8. The Morgan fingerprint density at radius 3 is 2.77 bits per heavy atom. The molecule has 1 amide bonds. The van der Waals surface area contributed by atoms with Crippen LogP contribution >= 0.6 is 15.9 Å². The van der Waals surface area contributed by atoms with Crippen LogP contribution in [0.15, 0.2) is 34.8 Å². The van der Waals surface area contributed by atoms with Crippen molar-refractivity contribution in [1.29, 1.82) is 5.26 Å². The number of fused-ring (bicyclic) bond motifs is 1. The van der Waals surface area contributed by atoms with Gasteiger partial charge in [-0.25, -0.2) is 0 Å². The lowest BCUT2D eigenvalue weighted by atomic mass is 10.1. The normalized spacial score (nSPS) is 12.1. The van der Waals surface area contributed by atoms with E-state index < -0.39 is 0 Å². The topological polar surface area (TPSA) is 81.0 Å². The van der Waals surface area contributed by atoms with Crippen LogP contribution in [0.25, 0.3) is 0 Å². The molecule has 2 aromatic rings. The molecular formula is C22H23BrN2O5. The summed E-state index contributed by atoms with van der Waals surface area (Å²) in [6.07, 6.45) is 0. The zero-order valence-electron chi connectivity index (χ0n) is 16.9. The fourth-order valence-electron chi connectivity index (χ4n) is 3.10. The summed E-state index contributed by atoms with van der Waals surface area (Å²) in [5, 5.41) is 9.15. The molecule has 3 rings (SSSR count). The number of nitriles is 1. The second-order valence-corrected chi connectivity index (χ2v) is 7.32. The number of amides is 1. The van der Waals surface area contributed by atoms with Crippen LogP contribution in [0.2, 0.25) is 0 Å². The Balaban J connectivity index is 1.72. The fraction of sp³-hybridized carbons (Fsp3) is 0.364. The van der Waals surface area contributed by atoms with Gasteiger partial charge in [-0.1, -0.05) is 12.1 Å². The van der Waals surface area contributed by atoms with E-state index in [1.807, 2.05) is 32.0 Å². The highest BCUT2D eigenvalue weighted by molar-refractivity contribution is 9.10. The predicted molar refractivity (Wildman–Crippen MR) is 114 cm³/mol. The molecule has 0 bridgehead atoms. The molecule has 0 atom stereocenters. The molecule has 0 spiro atoms. The van der Waals surface area contributed by atoms with Gasteiger partial charge < -0.3 is 23.8 Å². The summed E-state index contributed by atoms with van der Waals surface area (Å²) < 4.78 is 23.3. The van der Waals surface area contributed by atoms with E-state index in [-0.39, 0.29) is 12.5 Å². The van der Waals surface area contributed by atoms with Gasteiger partial charge in [0.05, 0.1) is 22.7 Å². The largest absolute Gasteiger partial charge is 0.490 e. The van der Waals surface area contributed by atoms with Crippen molar-refractivity contribution in [1.82, 2.24) is 4.90 Å². The molecule has 7 nitrogen and oxygen atoms in total. The Bertz CT molecular complexity index is 957. The Labute approximate surface area is 184 Å². The van der Waals surface area contributed by atoms with E-state index in [2.05, 4.69) is 22.0 Å². The standard InChI is InChI=1S/C22H23BrN2O5/c1-3-25(13-16-6-5-7-18-21(16)29-9-8-28-18)20(26)14-30-22-17(23)10-15(12-24)11-19(22)27-4-2/h5-7,10-11H,3-4,8-9,13-14H2,1-2H3. The van der Waals surface area contributed by atoms with E-state index in [0.717, 1.165) is 5.56 Å². The number of nitrogens with zero attached hydrogens (tertiary/aromatic N) is 2. The van der Waals surface area contributed by atoms with Crippen LogP contribution < -0.4 is 18.9 Å². The lowest BCUT2D eigenvalue weighted by Crippen LogP contribution is -2.34. The molecule has 158 valence electrons.